The van der Waals surface area contributed by atoms with Crippen LogP contribution in [0, 0.1) is 0 Å². The molecular formula is C16H12ClNO3. The van der Waals surface area contributed by atoms with Crippen molar-refractivity contribution in [2.24, 2.45) is 0 Å². The number of ether oxygens (including phenoxy) is 2. The van der Waals surface area contributed by atoms with Crippen LogP contribution in [0.4, 0.5) is 5.69 Å². The molecule has 21 heavy (non-hydrogen) atoms. The van der Waals surface area contributed by atoms with Gasteiger partial charge in [0.1, 0.15) is 11.3 Å². The fourth-order valence-corrected chi connectivity index (χ4v) is 2.58. The van der Waals surface area contributed by atoms with E-state index in [1.165, 1.54) is 0 Å². The molecule has 2 heterocycles. The molecular weight excluding hydrogens is 290 g/mol. The Labute approximate surface area is 126 Å². The minimum absolute atomic E-state index is 0.235. The average molecular weight is 302 g/mol. The van der Waals surface area contributed by atoms with Crippen LogP contribution < -0.4 is 14.8 Å². The number of anilines is 1. The van der Waals surface area contributed by atoms with Gasteiger partial charge in [-0.2, -0.15) is 0 Å². The molecule has 3 aromatic rings. The summed E-state index contributed by atoms with van der Waals surface area (Å²) in [6.07, 6.45) is 0. The van der Waals surface area contributed by atoms with E-state index in [1.807, 2.05) is 36.4 Å². The largest absolute Gasteiger partial charge is 0.459 e. The van der Waals surface area contributed by atoms with E-state index in [0.717, 1.165) is 22.4 Å². The summed E-state index contributed by atoms with van der Waals surface area (Å²) in [7, 11) is 0. The molecule has 0 amide bonds. The monoisotopic (exact) mass is 301 g/mol. The second-order valence-corrected chi connectivity index (χ2v) is 5.20. The van der Waals surface area contributed by atoms with Crippen LogP contribution in [0.3, 0.4) is 0 Å². The van der Waals surface area contributed by atoms with Crippen molar-refractivity contribution in [2.45, 2.75) is 6.54 Å². The lowest BCUT2D eigenvalue weighted by Gasteiger charge is -2.08. The van der Waals surface area contributed by atoms with Crippen molar-refractivity contribution < 1.29 is 13.9 Å². The molecule has 0 saturated carbocycles. The average Bonchev–Trinajstić information content (AvgIpc) is 3.09. The third-order valence-corrected chi connectivity index (χ3v) is 3.70. The van der Waals surface area contributed by atoms with Crippen molar-refractivity contribution in [1.82, 2.24) is 0 Å². The molecule has 0 radical (unpaired) electrons. The molecule has 1 aliphatic heterocycles. The summed E-state index contributed by atoms with van der Waals surface area (Å²) < 4.78 is 16.4. The zero-order valence-corrected chi connectivity index (χ0v) is 11.8. The van der Waals surface area contributed by atoms with E-state index in [4.69, 9.17) is 25.5 Å². The van der Waals surface area contributed by atoms with Crippen molar-refractivity contribution in [3.63, 3.8) is 0 Å². The predicted octanol–water partition coefficient (Wildman–Crippen LogP) is 4.43. The summed E-state index contributed by atoms with van der Waals surface area (Å²) in [6, 6.07) is 13.5. The Bertz CT molecular complexity index is 779. The van der Waals surface area contributed by atoms with Crippen LogP contribution in [0.5, 0.6) is 11.5 Å². The molecule has 0 aliphatic carbocycles. The highest BCUT2D eigenvalue weighted by atomic mass is 35.5. The van der Waals surface area contributed by atoms with Crippen molar-refractivity contribution in [1.29, 1.82) is 0 Å². The predicted molar refractivity (Wildman–Crippen MR) is 81.1 cm³/mol. The quantitative estimate of drug-likeness (QED) is 0.777. The number of hydrogen-bond donors (Lipinski definition) is 1. The van der Waals surface area contributed by atoms with Gasteiger partial charge in [0.2, 0.25) is 6.79 Å². The van der Waals surface area contributed by atoms with E-state index in [2.05, 4.69) is 5.32 Å². The van der Waals surface area contributed by atoms with E-state index >= 15 is 0 Å². The Morgan fingerprint density at radius 3 is 2.71 bits per heavy atom. The molecule has 1 aliphatic rings. The van der Waals surface area contributed by atoms with Crippen LogP contribution in [0.2, 0.25) is 5.02 Å². The maximum Gasteiger partial charge on any atom is 0.231 e. The first-order valence-electron chi connectivity index (χ1n) is 6.60. The van der Waals surface area contributed by atoms with Gasteiger partial charge in [0.05, 0.1) is 17.3 Å². The summed E-state index contributed by atoms with van der Waals surface area (Å²) >= 11 is 6.22. The van der Waals surface area contributed by atoms with Gasteiger partial charge < -0.3 is 19.2 Å². The molecule has 106 valence electrons. The number of nitrogens with one attached hydrogen (secondary N) is 1. The van der Waals surface area contributed by atoms with Crippen LogP contribution in [0.15, 0.2) is 46.9 Å². The van der Waals surface area contributed by atoms with Crippen LogP contribution in [0.1, 0.15) is 5.76 Å². The number of hydrogen-bond acceptors (Lipinski definition) is 4. The first kappa shape index (κ1) is 12.4. The van der Waals surface area contributed by atoms with Crippen LogP contribution >= 0.6 is 11.6 Å². The SMILES string of the molecule is Clc1cc2c(cc1NCc1cc3ccccc3o1)OCO2. The number of rotatable bonds is 3. The van der Waals surface area contributed by atoms with Gasteiger partial charge in [-0.05, 0) is 12.1 Å². The summed E-state index contributed by atoms with van der Waals surface area (Å²) in [4.78, 5) is 0. The molecule has 0 atom stereocenters. The van der Waals surface area contributed by atoms with E-state index < -0.39 is 0 Å². The molecule has 4 rings (SSSR count). The molecule has 0 bridgehead atoms. The number of benzene rings is 2. The molecule has 0 fully saturated rings. The van der Waals surface area contributed by atoms with Gasteiger partial charge in [-0.1, -0.05) is 29.8 Å². The van der Waals surface area contributed by atoms with E-state index in [1.54, 1.807) is 6.07 Å². The number of fused-ring (bicyclic) bond motifs is 2. The standard InChI is InChI=1S/C16H12ClNO3/c17-12-6-15-16(20-9-19-15)7-13(12)18-8-11-5-10-3-1-2-4-14(10)21-11/h1-7,18H,8-9H2. The van der Waals surface area contributed by atoms with Crippen LogP contribution in [-0.2, 0) is 6.54 Å². The molecule has 0 spiro atoms. The third kappa shape index (κ3) is 2.28. The molecule has 1 aromatic heterocycles. The second kappa shape index (κ2) is 4.90. The second-order valence-electron chi connectivity index (χ2n) is 4.79. The van der Waals surface area contributed by atoms with Gasteiger partial charge >= 0.3 is 0 Å². The number of furan rings is 1. The molecule has 5 heteroatoms. The first-order chi connectivity index (χ1) is 10.3. The summed E-state index contributed by atoms with van der Waals surface area (Å²) in [5, 5.41) is 4.94. The Morgan fingerprint density at radius 1 is 1.05 bits per heavy atom. The maximum atomic E-state index is 6.22. The van der Waals surface area contributed by atoms with Gasteiger partial charge in [-0.25, -0.2) is 0 Å². The minimum atomic E-state index is 0.235. The Balaban J connectivity index is 1.56. The summed E-state index contributed by atoms with van der Waals surface area (Å²) in [5.41, 5.74) is 1.67. The Kier molecular flexibility index (Phi) is 2.89. The van der Waals surface area contributed by atoms with Crippen LogP contribution in [0.25, 0.3) is 11.0 Å². The van der Waals surface area contributed by atoms with Gasteiger partial charge in [0.15, 0.2) is 11.5 Å². The van der Waals surface area contributed by atoms with E-state index in [-0.39, 0.29) is 6.79 Å². The highest BCUT2D eigenvalue weighted by Gasteiger charge is 2.16. The molecule has 0 unspecified atom stereocenters. The Hall–Kier alpha value is -2.33. The van der Waals surface area contributed by atoms with Gasteiger partial charge in [-0.15, -0.1) is 0 Å². The molecule has 0 saturated heterocycles. The lowest BCUT2D eigenvalue weighted by atomic mass is 10.2. The van der Waals surface area contributed by atoms with Crippen molar-refractivity contribution >= 4 is 28.3 Å². The molecule has 1 N–H and O–H groups in total. The maximum absolute atomic E-state index is 6.22. The Morgan fingerprint density at radius 2 is 1.86 bits per heavy atom. The number of halogens is 1. The molecule has 4 nitrogen and oxygen atoms in total. The van der Waals surface area contributed by atoms with E-state index in [9.17, 15) is 0 Å². The van der Waals surface area contributed by atoms with E-state index in [0.29, 0.717) is 23.1 Å². The fraction of sp³-hybridized carbons (Fsp3) is 0.125. The van der Waals surface area contributed by atoms with Gasteiger partial charge in [0, 0.05) is 17.5 Å². The fourth-order valence-electron chi connectivity index (χ4n) is 2.36. The van der Waals surface area contributed by atoms with Crippen molar-refractivity contribution in [3.8, 4) is 11.5 Å². The lowest BCUT2D eigenvalue weighted by Crippen LogP contribution is -1.98. The highest BCUT2D eigenvalue weighted by Crippen LogP contribution is 2.39. The smallest absolute Gasteiger partial charge is 0.231 e. The minimum Gasteiger partial charge on any atom is -0.459 e. The first-order valence-corrected chi connectivity index (χ1v) is 6.98. The summed E-state index contributed by atoms with van der Waals surface area (Å²) in [6.45, 7) is 0.784. The lowest BCUT2D eigenvalue weighted by molar-refractivity contribution is 0.174. The van der Waals surface area contributed by atoms with Crippen molar-refractivity contribution in [2.75, 3.05) is 12.1 Å². The van der Waals surface area contributed by atoms with Crippen LogP contribution in [-0.4, -0.2) is 6.79 Å². The zero-order chi connectivity index (χ0) is 14.2. The molecule has 2 aromatic carbocycles. The third-order valence-electron chi connectivity index (χ3n) is 3.39. The van der Waals surface area contributed by atoms with Gasteiger partial charge in [-0.3, -0.25) is 0 Å². The number of para-hydroxylation sites is 1. The normalized spacial score (nSPS) is 12.8. The van der Waals surface area contributed by atoms with Crippen molar-refractivity contribution in [3.05, 3.63) is 53.2 Å². The zero-order valence-electron chi connectivity index (χ0n) is 11.1. The highest BCUT2D eigenvalue weighted by molar-refractivity contribution is 6.33. The topological polar surface area (TPSA) is 43.6 Å². The summed E-state index contributed by atoms with van der Waals surface area (Å²) in [5.74, 6) is 2.23. The van der Waals surface area contributed by atoms with Gasteiger partial charge in [0.25, 0.3) is 0 Å².